The molecule has 0 aliphatic heterocycles. The van der Waals surface area contributed by atoms with Gasteiger partial charge in [-0.1, -0.05) is 32.1 Å². The highest BCUT2D eigenvalue weighted by Gasteiger charge is 2.58. The standard InChI is InChI=1S/C32H43NO/c1-30(2,3)34-24-14-16-31(4)23(20-24)9-10-25-27-12-11-26(32(27,5)17-15-28(25)31)21-8-13-29-22(19-21)7-6-18-33-29/h6-8,11,13,18-19,23-25,27-28H,9-10,12,14-17,20H2,1-5H3/t23-,24-,25-,27-,28-,31-,32+/m0/s1. The number of rotatable bonds is 2. The Hall–Kier alpha value is -1.67. The third-order valence-corrected chi connectivity index (χ3v) is 10.6. The van der Waals surface area contributed by atoms with E-state index in [1.165, 1.54) is 62.3 Å². The highest BCUT2D eigenvalue weighted by molar-refractivity contribution is 5.85. The molecule has 2 nitrogen and oxygen atoms in total. The highest BCUT2D eigenvalue weighted by atomic mass is 16.5. The minimum Gasteiger partial charge on any atom is -0.373 e. The zero-order chi connectivity index (χ0) is 23.7. The van der Waals surface area contributed by atoms with Crippen molar-refractivity contribution in [2.24, 2.45) is 34.5 Å². The van der Waals surface area contributed by atoms with Crippen LogP contribution in [0.2, 0.25) is 0 Å². The molecule has 2 aromatic rings. The quantitative estimate of drug-likeness (QED) is 0.451. The molecule has 2 heteroatoms. The predicted molar refractivity (Wildman–Crippen MR) is 141 cm³/mol. The average molecular weight is 458 g/mol. The molecule has 0 bridgehead atoms. The van der Waals surface area contributed by atoms with Crippen LogP contribution in [0.15, 0.2) is 42.6 Å². The minimum absolute atomic E-state index is 0.0208. The van der Waals surface area contributed by atoms with Gasteiger partial charge >= 0.3 is 0 Å². The monoisotopic (exact) mass is 457 g/mol. The normalized spacial score (nSPS) is 39.8. The summed E-state index contributed by atoms with van der Waals surface area (Å²) in [5.74, 6) is 3.44. The number of pyridine rings is 1. The molecular weight excluding hydrogens is 414 g/mol. The molecule has 34 heavy (non-hydrogen) atoms. The van der Waals surface area contributed by atoms with E-state index < -0.39 is 0 Å². The fourth-order valence-corrected chi connectivity index (χ4v) is 9.08. The number of allylic oxidation sites excluding steroid dienone is 2. The highest BCUT2D eigenvalue weighted by Crippen LogP contribution is 2.67. The van der Waals surface area contributed by atoms with E-state index in [9.17, 15) is 0 Å². The summed E-state index contributed by atoms with van der Waals surface area (Å²) in [4.78, 5) is 4.54. The second-order valence-electron chi connectivity index (χ2n) is 13.5. The van der Waals surface area contributed by atoms with Crippen LogP contribution in [-0.2, 0) is 4.74 Å². The first-order chi connectivity index (χ1) is 16.2. The van der Waals surface area contributed by atoms with Crippen LogP contribution in [-0.4, -0.2) is 16.7 Å². The SMILES string of the molecule is CC(C)(C)O[C@H]1CC[C@@]2(C)[C@@H](CC[C@@H]3[C@@H]2CC[C@]2(C)C(c4ccc5ncccc5c4)=CC[C@@H]32)C1. The fourth-order valence-electron chi connectivity index (χ4n) is 9.08. The third kappa shape index (κ3) is 3.58. The molecule has 6 rings (SSSR count). The van der Waals surface area contributed by atoms with Crippen LogP contribution in [0.4, 0.5) is 0 Å². The molecule has 1 heterocycles. The first kappa shape index (κ1) is 22.8. The molecule has 3 saturated carbocycles. The van der Waals surface area contributed by atoms with Crippen LogP contribution in [0.5, 0.6) is 0 Å². The molecule has 4 aliphatic carbocycles. The van der Waals surface area contributed by atoms with Crippen LogP contribution < -0.4 is 0 Å². The molecule has 0 N–H and O–H groups in total. The molecule has 7 atom stereocenters. The molecule has 0 saturated heterocycles. The Morgan fingerprint density at radius 2 is 1.82 bits per heavy atom. The van der Waals surface area contributed by atoms with Crippen molar-refractivity contribution in [2.45, 2.75) is 97.7 Å². The summed E-state index contributed by atoms with van der Waals surface area (Å²) in [5.41, 5.74) is 4.98. The van der Waals surface area contributed by atoms with Crippen molar-refractivity contribution in [3.63, 3.8) is 0 Å². The number of ether oxygens (including phenoxy) is 1. The van der Waals surface area contributed by atoms with Crippen molar-refractivity contribution in [1.29, 1.82) is 0 Å². The van der Waals surface area contributed by atoms with Crippen LogP contribution >= 0.6 is 0 Å². The van der Waals surface area contributed by atoms with Crippen LogP contribution in [0.1, 0.15) is 91.5 Å². The molecule has 1 aromatic heterocycles. The van der Waals surface area contributed by atoms with Gasteiger partial charge in [0.2, 0.25) is 0 Å². The Morgan fingerprint density at radius 3 is 2.65 bits per heavy atom. The lowest BCUT2D eigenvalue weighted by Gasteiger charge is -2.61. The Kier molecular flexibility index (Phi) is 5.30. The van der Waals surface area contributed by atoms with Gasteiger partial charge in [0.25, 0.3) is 0 Å². The fraction of sp³-hybridized carbons (Fsp3) is 0.656. The Balaban J connectivity index is 1.23. The average Bonchev–Trinajstić information content (AvgIpc) is 3.15. The van der Waals surface area contributed by atoms with E-state index >= 15 is 0 Å². The lowest BCUT2D eigenvalue weighted by molar-refractivity contribution is -0.148. The van der Waals surface area contributed by atoms with Gasteiger partial charge in [0.1, 0.15) is 0 Å². The minimum atomic E-state index is -0.0208. The summed E-state index contributed by atoms with van der Waals surface area (Å²) in [5, 5.41) is 1.27. The second-order valence-corrected chi connectivity index (χ2v) is 13.5. The Labute approximate surface area is 206 Å². The van der Waals surface area contributed by atoms with Crippen LogP contribution in [0.25, 0.3) is 16.5 Å². The predicted octanol–water partition coefficient (Wildman–Crippen LogP) is 8.45. The largest absolute Gasteiger partial charge is 0.373 e. The molecule has 0 unspecified atom stereocenters. The van der Waals surface area contributed by atoms with Gasteiger partial charge in [-0.05, 0) is 136 Å². The van der Waals surface area contributed by atoms with Crippen LogP contribution in [0, 0.1) is 34.5 Å². The molecule has 0 spiro atoms. The van der Waals surface area contributed by atoms with E-state index in [1.54, 1.807) is 5.57 Å². The van der Waals surface area contributed by atoms with Crippen LogP contribution in [0.3, 0.4) is 0 Å². The van der Waals surface area contributed by atoms with Crippen molar-refractivity contribution >= 4 is 16.5 Å². The zero-order valence-electron chi connectivity index (χ0n) is 21.9. The topological polar surface area (TPSA) is 22.1 Å². The van der Waals surface area contributed by atoms with Gasteiger partial charge in [-0.3, -0.25) is 4.98 Å². The molecule has 3 fully saturated rings. The first-order valence-electron chi connectivity index (χ1n) is 13.9. The lowest BCUT2D eigenvalue weighted by Crippen LogP contribution is -2.54. The van der Waals surface area contributed by atoms with Crippen molar-refractivity contribution in [1.82, 2.24) is 4.98 Å². The summed E-state index contributed by atoms with van der Waals surface area (Å²) in [6.45, 7) is 11.9. The van der Waals surface area contributed by atoms with Gasteiger partial charge in [-0.25, -0.2) is 0 Å². The van der Waals surface area contributed by atoms with Crippen molar-refractivity contribution < 1.29 is 4.74 Å². The van der Waals surface area contributed by atoms with Gasteiger partial charge in [-0.15, -0.1) is 0 Å². The summed E-state index contributed by atoms with van der Waals surface area (Å²) in [7, 11) is 0. The van der Waals surface area contributed by atoms with Crippen molar-refractivity contribution in [2.75, 3.05) is 0 Å². The van der Waals surface area contributed by atoms with E-state index in [1.807, 2.05) is 6.20 Å². The molecule has 0 radical (unpaired) electrons. The molecule has 0 amide bonds. The van der Waals surface area contributed by atoms with E-state index in [0.29, 0.717) is 16.9 Å². The van der Waals surface area contributed by atoms with Gasteiger partial charge in [0, 0.05) is 11.6 Å². The Bertz CT molecular complexity index is 1110. The van der Waals surface area contributed by atoms with E-state index in [4.69, 9.17) is 4.74 Å². The van der Waals surface area contributed by atoms with Gasteiger partial charge < -0.3 is 4.74 Å². The molecule has 182 valence electrons. The lowest BCUT2D eigenvalue weighted by atomic mass is 9.44. The van der Waals surface area contributed by atoms with Gasteiger partial charge in [0.05, 0.1) is 17.2 Å². The number of benzene rings is 1. The number of hydrogen-bond donors (Lipinski definition) is 0. The summed E-state index contributed by atoms with van der Waals surface area (Å²) < 4.78 is 6.47. The number of fused-ring (bicyclic) bond motifs is 6. The summed E-state index contributed by atoms with van der Waals surface area (Å²) in [6, 6.07) is 11.2. The zero-order valence-corrected chi connectivity index (χ0v) is 21.9. The molecule has 4 aliphatic rings. The number of nitrogens with zero attached hydrogens (tertiary/aromatic N) is 1. The van der Waals surface area contributed by atoms with Crippen molar-refractivity contribution in [3.8, 4) is 0 Å². The van der Waals surface area contributed by atoms with Gasteiger partial charge in [-0.2, -0.15) is 0 Å². The third-order valence-electron chi connectivity index (χ3n) is 10.6. The van der Waals surface area contributed by atoms with E-state index in [-0.39, 0.29) is 5.60 Å². The van der Waals surface area contributed by atoms with E-state index in [0.717, 1.165) is 29.2 Å². The first-order valence-corrected chi connectivity index (χ1v) is 13.9. The molecular formula is C32H43NO. The molecule has 1 aromatic carbocycles. The Morgan fingerprint density at radius 1 is 0.971 bits per heavy atom. The van der Waals surface area contributed by atoms with Gasteiger partial charge in [0.15, 0.2) is 0 Å². The summed E-state index contributed by atoms with van der Waals surface area (Å²) >= 11 is 0. The maximum atomic E-state index is 6.47. The second kappa shape index (κ2) is 7.92. The summed E-state index contributed by atoms with van der Waals surface area (Å²) in [6.07, 6.45) is 15.7. The number of hydrogen-bond acceptors (Lipinski definition) is 2. The number of aromatic nitrogens is 1. The van der Waals surface area contributed by atoms with Crippen molar-refractivity contribution in [3.05, 3.63) is 48.2 Å². The smallest absolute Gasteiger partial charge is 0.0702 e. The maximum absolute atomic E-state index is 6.47. The maximum Gasteiger partial charge on any atom is 0.0702 e. The van der Waals surface area contributed by atoms with E-state index in [2.05, 4.69) is 76.0 Å².